The zero-order valence-electron chi connectivity index (χ0n) is 12.1. The van der Waals surface area contributed by atoms with Gasteiger partial charge in [-0.3, -0.25) is 4.79 Å². The van der Waals surface area contributed by atoms with Crippen molar-refractivity contribution < 1.29 is 13.2 Å². The van der Waals surface area contributed by atoms with Crippen molar-refractivity contribution in [2.45, 2.75) is 25.2 Å². The highest BCUT2D eigenvalue weighted by atomic mass is 32.2. The molecule has 0 spiro atoms. The first-order valence-corrected chi connectivity index (χ1v) is 8.10. The molecule has 0 unspecified atom stereocenters. The van der Waals surface area contributed by atoms with Crippen LogP contribution in [0.3, 0.4) is 0 Å². The Morgan fingerprint density at radius 2 is 1.90 bits per heavy atom. The predicted molar refractivity (Wildman–Crippen MR) is 78.8 cm³/mol. The summed E-state index contributed by atoms with van der Waals surface area (Å²) in [6.07, 6.45) is 0.0855. The summed E-state index contributed by atoms with van der Waals surface area (Å²) in [7, 11) is -3.65. The number of nitrogens with zero attached hydrogens (tertiary/aromatic N) is 1. The van der Waals surface area contributed by atoms with Gasteiger partial charge >= 0.3 is 0 Å². The highest BCUT2D eigenvalue weighted by Gasteiger charge is 2.14. The van der Waals surface area contributed by atoms with Crippen LogP contribution in [0.1, 0.15) is 25.8 Å². The number of rotatable bonds is 7. The second kappa shape index (κ2) is 7.76. The van der Waals surface area contributed by atoms with Gasteiger partial charge in [0.25, 0.3) is 0 Å². The van der Waals surface area contributed by atoms with Gasteiger partial charge in [-0.25, -0.2) is 13.1 Å². The molecule has 114 valence electrons. The normalized spacial score (nSPS) is 11.1. The quantitative estimate of drug-likeness (QED) is 0.785. The third-order valence-corrected chi connectivity index (χ3v) is 4.12. The lowest BCUT2D eigenvalue weighted by Gasteiger charge is -2.09. The molecule has 6 nitrogen and oxygen atoms in total. The van der Waals surface area contributed by atoms with Crippen molar-refractivity contribution in [1.82, 2.24) is 10.0 Å². The van der Waals surface area contributed by atoms with Gasteiger partial charge in [0.15, 0.2) is 0 Å². The standard InChI is InChI=1S/C14H19N3O3S/c1-11(2)10-16-14(18)7-8-17-21(19,20)13-5-3-12(9-15)4-6-13/h3-6,11,17H,7-8,10H2,1-2H3,(H,16,18). The maximum absolute atomic E-state index is 12.0. The number of amides is 1. The average molecular weight is 309 g/mol. The van der Waals surface area contributed by atoms with E-state index in [0.29, 0.717) is 18.0 Å². The zero-order valence-corrected chi connectivity index (χ0v) is 12.9. The average Bonchev–Trinajstić information content (AvgIpc) is 2.45. The van der Waals surface area contributed by atoms with Gasteiger partial charge in [-0.1, -0.05) is 13.8 Å². The van der Waals surface area contributed by atoms with Crippen LogP contribution in [-0.2, 0) is 14.8 Å². The molecule has 1 aromatic carbocycles. The van der Waals surface area contributed by atoms with Crippen LogP contribution in [0.15, 0.2) is 29.2 Å². The number of nitrogens with one attached hydrogen (secondary N) is 2. The highest BCUT2D eigenvalue weighted by Crippen LogP contribution is 2.09. The molecule has 1 amide bonds. The van der Waals surface area contributed by atoms with Crippen LogP contribution in [0.25, 0.3) is 0 Å². The fraction of sp³-hybridized carbons (Fsp3) is 0.429. The van der Waals surface area contributed by atoms with Gasteiger partial charge in [-0.15, -0.1) is 0 Å². The molecule has 0 fully saturated rings. The summed E-state index contributed by atoms with van der Waals surface area (Å²) in [6.45, 7) is 4.56. The summed E-state index contributed by atoms with van der Waals surface area (Å²) in [6, 6.07) is 7.51. The molecule has 0 radical (unpaired) electrons. The lowest BCUT2D eigenvalue weighted by atomic mass is 10.2. The summed E-state index contributed by atoms with van der Waals surface area (Å²) in [5, 5.41) is 11.4. The molecule has 0 atom stereocenters. The van der Waals surface area contributed by atoms with Crippen LogP contribution < -0.4 is 10.0 Å². The van der Waals surface area contributed by atoms with Gasteiger partial charge in [-0.05, 0) is 30.2 Å². The third kappa shape index (κ3) is 5.94. The second-order valence-electron chi connectivity index (χ2n) is 4.98. The Balaban J connectivity index is 2.49. The van der Waals surface area contributed by atoms with Crippen LogP contribution in [0.2, 0.25) is 0 Å². The molecule has 0 aliphatic carbocycles. The van der Waals surface area contributed by atoms with E-state index in [0.717, 1.165) is 0 Å². The van der Waals surface area contributed by atoms with E-state index in [1.807, 2.05) is 19.9 Å². The van der Waals surface area contributed by atoms with Crippen LogP contribution in [-0.4, -0.2) is 27.4 Å². The Bertz CT molecular complexity index is 616. The summed E-state index contributed by atoms with van der Waals surface area (Å²) in [5.41, 5.74) is 0.391. The summed E-state index contributed by atoms with van der Waals surface area (Å²) in [5.74, 6) is 0.163. The van der Waals surface area contributed by atoms with Crippen molar-refractivity contribution in [2.24, 2.45) is 5.92 Å². The van der Waals surface area contributed by atoms with Crippen molar-refractivity contribution in [3.05, 3.63) is 29.8 Å². The topological polar surface area (TPSA) is 99.1 Å². The largest absolute Gasteiger partial charge is 0.356 e. The SMILES string of the molecule is CC(C)CNC(=O)CCNS(=O)(=O)c1ccc(C#N)cc1. The molecule has 0 aliphatic heterocycles. The fourth-order valence-electron chi connectivity index (χ4n) is 1.50. The van der Waals surface area contributed by atoms with Crippen LogP contribution in [0.4, 0.5) is 0 Å². The minimum atomic E-state index is -3.65. The van der Waals surface area contributed by atoms with Gasteiger partial charge < -0.3 is 5.32 Å². The summed E-state index contributed by atoms with van der Waals surface area (Å²) < 4.78 is 26.3. The van der Waals surface area contributed by atoms with E-state index in [1.165, 1.54) is 24.3 Å². The number of sulfonamides is 1. The van der Waals surface area contributed by atoms with E-state index in [-0.39, 0.29) is 23.8 Å². The molecule has 0 saturated carbocycles. The molecule has 7 heteroatoms. The maximum Gasteiger partial charge on any atom is 0.240 e. The molecular weight excluding hydrogens is 290 g/mol. The fourth-order valence-corrected chi connectivity index (χ4v) is 2.53. The molecular formula is C14H19N3O3S. The van der Waals surface area contributed by atoms with Crippen LogP contribution in [0.5, 0.6) is 0 Å². The molecule has 1 rings (SSSR count). The van der Waals surface area contributed by atoms with Crippen molar-refractivity contribution in [3.63, 3.8) is 0 Å². The van der Waals surface area contributed by atoms with Gasteiger partial charge in [0, 0.05) is 19.5 Å². The van der Waals surface area contributed by atoms with Gasteiger partial charge in [0.05, 0.1) is 16.5 Å². The molecule has 0 saturated heterocycles. The minimum Gasteiger partial charge on any atom is -0.356 e. The molecule has 0 heterocycles. The highest BCUT2D eigenvalue weighted by molar-refractivity contribution is 7.89. The number of hydrogen-bond donors (Lipinski definition) is 2. The van der Waals surface area contributed by atoms with Crippen LogP contribution in [0, 0.1) is 17.2 Å². The Kier molecular flexibility index (Phi) is 6.34. The van der Waals surface area contributed by atoms with Crippen molar-refractivity contribution in [1.29, 1.82) is 5.26 Å². The Hall–Kier alpha value is -1.91. The number of carbonyl (C=O) groups excluding carboxylic acids is 1. The van der Waals surface area contributed by atoms with E-state index in [2.05, 4.69) is 10.0 Å². The van der Waals surface area contributed by atoms with Gasteiger partial charge in [0.2, 0.25) is 15.9 Å². The lowest BCUT2D eigenvalue weighted by Crippen LogP contribution is -2.32. The Morgan fingerprint density at radius 1 is 1.29 bits per heavy atom. The first-order chi connectivity index (χ1) is 9.85. The lowest BCUT2D eigenvalue weighted by molar-refractivity contribution is -0.121. The first kappa shape index (κ1) is 17.1. The van der Waals surface area contributed by atoms with E-state index < -0.39 is 10.0 Å². The van der Waals surface area contributed by atoms with Gasteiger partial charge in [-0.2, -0.15) is 5.26 Å². The summed E-state index contributed by atoms with van der Waals surface area (Å²) in [4.78, 5) is 11.5. The Morgan fingerprint density at radius 3 is 2.43 bits per heavy atom. The van der Waals surface area contributed by atoms with Crippen molar-refractivity contribution >= 4 is 15.9 Å². The van der Waals surface area contributed by atoms with Gasteiger partial charge in [0.1, 0.15) is 0 Å². The number of benzene rings is 1. The molecule has 21 heavy (non-hydrogen) atoms. The third-order valence-electron chi connectivity index (χ3n) is 2.65. The van der Waals surface area contributed by atoms with E-state index in [4.69, 9.17) is 5.26 Å². The molecule has 0 aliphatic rings. The molecule has 2 N–H and O–H groups in total. The number of hydrogen-bond acceptors (Lipinski definition) is 4. The second-order valence-corrected chi connectivity index (χ2v) is 6.75. The molecule has 0 aromatic heterocycles. The molecule has 0 bridgehead atoms. The monoisotopic (exact) mass is 309 g/mol. The maximum atomic E-state index is 12.0. The van der Waals surface area contributed by atoms with E-state index in [1.54, 1.807) is 0 Å². The minimum absolute atomic E-state index is 0.0340. The van der Waals surface area contributed by atoms with E-state index >= 15 is 0 Å². The zero-order chi connectivity index (χ0) is 15.9. The summed E-state index contributed by atoms with van der Waals surface area (Å²) >= 11 is 0. The Labute approximate surface area is 125 Å². The van der Waals surface area contributed by atoms with Crippen molar-refractivity contribution in [2.75, 3.05) is 13.1 Å². The van der Waals surface area contributed by atoms with Crippen LogP contribution >= 0.6 is 0 Å². The predicted octanol–water partition coefficient (Wildman–Crippen LogP) is 0.999. The van der Waals surface area contributed by atoms with Crippen molar-refractivity contribution in [3.8, 4) is 6.07 Å². The molecule has 1 aromatic rings. The smallest absolute Gasteiger partial charge is 0.240 e. The first-order valence-electron chi connectivity index (χ1n) is 6.61. The van der Waals surface area contributed by atoms with E-state index in [9.17, 15) is 13.2 Å². The number of nitriles is 1. The number of carbonyl (C=O) groups is 1.